The highest BCUT2D eigenvalue weighted by Gasteiger charge is 2.30. The third kappa shape index (κ3) is 5.10. The van der Waals surface area contributed by atoms with E-state index in [9.17, 15) is 17.6 Å². The summed E-state index contributed by atoms with van der Waals surface area (Å²) in [4.78, 5) is 0. The lowest BCUT2D eigenvalue weighted by Gasteiger charge is -2.14. The maximum absolute atomic E-state index is 15.5. The molecule has 0 fully saturated rings. The number of allylic oxidation sites excluding steroid dienone is 1. The Bertz CT molecular complexity index is 1630. The van der Waals surface area contributed by atoms with Gasteiger partial charge in [-0.1, -0.05) is 72.8 Å². The van der Waals surface area contributed by atoms with Crippen LogP contribution in [0.25, 0.3) is 44.2 Å². The number of hydrogen-bond acceptors (Lipinski definition) is 0. The first kappa shape index (κ1) is 25.4. The Morgan fingerprint density at radius 2 is 1.29 bits per heavy atom. The molecule has 5 rings (SSSR count). The summed E-state index contributed by atoms with van der Waals surface area (Å²) in [6, 6.07) is 25.4. The molecule has 0 unspecified atom stereocenters. The Morgan fingerprint density at radius 3 is 2.00 bits per heavy atom. The third-order valence-corrected chi connectivity index (χ3v) is 6.65. The van der Waals surface area contributed by atoms with Crippen molar-refractivity contribution in [1.82, 2.24) is 0 Å². The highest BCUT2D eigenvalue weighted by molar-refractivity contribution is 5.89. The summed E-state index contributed by atoms with van der Waals surface area (Å²) in [6.07, 6.45) is -0.791. The first-order chi connectivity index (χ1) is 18.2. The van der Waals surface area contributed by atoms with Crippen molar-refractivity contribution in [2.45, 2.75) is 19.0 Å². The molecule has 0 bridgehead atoms. The summed E-state index contributed by atoms with van der Waals surface area (Å²) in [7, 11) is 0. The van der Waals surface area contributed by atoms with Crippen molar-refractivity contribution >= 4 is 10.8 Å². The fourth-order valence-corrected chi connectivity index (χ4v) is 4.68. The topological polar surface area (TPSA) is 0 Å². The molecule has 0 N–H and O–H groups in total. The highest BCUT2D eigenvalue weighted by Crippen LogP contribution is 2.38. The van der Waals surface area contributed by atoms with Crippen LogP contribution in [0.1, 0.15) is 17.5 Å². The monoisotopic (exact) mass is 514 g/mol. The molecule has 5 aromatic carbocycles. The molecule has 0 atom stereocenters. The second-order valence-corrected chi connectivity index (χ2v) is 9.16. The van der Waals surface area contributed by atoms with Gasteiger partial charge in [0.25, 0.3) is 0 Å². The van der Waals surface area contributed by atoms with Gasteiger partial charge in [-0.25, -0.2) is 8.78 Å². The zero-order chi connectivity index (χ0) is 26.9. The number of alkyl halides is 3. The van der Waals surface area contributed by atoms with E-state index < -0.39 is 23.4 Å². The minimum Gasteiger partial charge on any atom is -0.206 e. The molecule has 0 aromatic heterocycles. The van der Waals surface area contributed by atoms with Crippen LogP contribution in [0.15, 0.2) is 110 Å². The summed E-state index contributed by atoms with van der Waals surface area (Å²) in [5.41, 5.74) is 2.59. The molecule has 0 saturated carbocycles. The van der Waals surface area contributed by atoms with Gasteiger partial charge < -0.3 is 0 Å². The van der Waals surface area contributed by atoms with Crippen LogP contribution in [0.5, 0.6) is 0 Å². The van der Waals surface area contributed by atoms with Crippen LogP contribution in [-0.2, 0) is 12.6 Å². The molecule has 0 aliphatic rings. The Hall–Kier alpha value is -4.25. The largest absolute Gasteiger partial charge is 0.416 e. The van der Waals surface area contributed by atoms with Gasteiger partial charge in [0.1, 0.15) is 11.6 Å². The van der Waals surface area contributed by atoms with E-state index in [4.69, 9.17) is 0 Å². The molecular weight excluding hydrogens is 491 g/mol. The first-order valence-electron chi connectivity index (χ1n) is 12.1. The smallest absolute Gasteiger partial charge is 0.206 e. The molecule has 190 valence electrons. The molecule has 0 aliphatic heterocycles. The van der Waals surface area contributed by atoms with E-state index >= 15 is 4.39 Å². The lowest BCUT2D eigenvalue weighted by molar-refractivity contribution is -0.137. The maximum Gasteiger partial charge on any atom is 0.416 e. The van der Waals surface area contributed by atoms with E-state index in [1.54, 1.807) is 18.2 Å². The fraction of sp³-hybridized carbons (Fsp3) is 0.0909. The van der Waals surface area contributed by atoms with Gasteiger partial charge in [-0.3, -0.25) is 0 Å². The van der Waals surface area contributed by atoms with Crippen molar-refractivity contribution in [1.29, 1.82) is 0 Å². The number of fused-ring (bicyclic) bond motifs is 1. The van der Waals surface area contributed by atoms with Gasteiger partial charge in [0.2, 0.25) is 0 Å². The molecule has 0 aliphatic carbocycles. The lowest BCUT2D eigenvalue weighted by atomic mass is 9.91. The number of halogens is 5. The molecular formula is C33H23F5. The molecule has 38 heavy (non-hydrogen) atoms. The molecule has 0 heterocycles. The van der Waals surface area contributed by atoms with E-state index in [2.05, 4.69) is 18.7 Å². The van der Waals surface area contributed by atoms with Crippen molar-refractivity contribution < 1.29 is 22.0 Å². The van der Waals surface area contributed by atoms with Crippen LogP contribution < -0.4 is 0 Å². The molecule has 0 amide bonds. The average Bonchev–Trinajstić information content (AvgIpc) is 2.91. The van der Waals surface area contributed by atoms with Gasteiger partial charge in [-0.15, -0.1) is 6.58 Å². The molecule has 5 heteroatoms. The number of rotatable bonds is 6. The first-order valence-corrected chi connectivity index (χ1v) is 12.1. The standard InChI is InChI=1S/C33H23F5/c1-2-3-5-21-8-9-24-19-25(11-10-23(24)18-21)26-14-17-28(31(35)20-26)29-6-4-7-30(34)32(29)22-12-15-27(16-13-22)33(36,37)38/h2,4,6-20H,1,3,5H2. The van der Waals surface area contributed by atoms with Crippen molar-refractivity contribution in [2.24, 2.45) is 0 Å². The highest BCUT2D eigenvalue weighted by atomic mass is 19.4. The minimum atomic E-state index is -4.50. The van der Waals surface area contributed by atoms with Gasteiger partial charge in [-0.05, 0) is 81.8 Å². The van der Waals surface area contributed by atoms with Crippen molar-refractivity contribution in [3.8, 4) is 33.4 Å². The van der Waals surface area contributed by atoms with E-state index in [1.807, 2.05) is 30.3 Å². The lowest BCUT2D eigenvalue weighted by Crippen LogP contribution is -2.04. The van der Waals surface area contributed by atoms with Gasteiger partial charge in [0, 0.05) is 11.1 Å². The predicted molar refractivity (Wildman–Crippen MR) is 144 cm³/mol. The number of aryl methyl sites for hydroxylation is 1. The average molecular weight is 515 g/mol. The fourth-order valence-electron chi connectivity index (χ4n) is 4.68. The van der Waals surface area contributed by atoms with Crippen molar-refractivity contribution in [3.63, 3.8) is 0 Å². The third-order valence-electron chi connectivity index (χ3n) is 6.65. The molecule has 0 spiro atoms. The SMILES string of the molecule is C=CCCc1ccc2cc(-c3ccc(-c4cccc(F)c4-c4ccc(C(F)(F)F)cc4)c(F)c3)ccc2c1. The Kier molecular flexibility index (Phi) is 6.85. The maximum atomic E-state index is 15.5. The Labute approximate surface area is 217 Å². The molecule has 0 nitrogen and oxygen atoms in total. The van der Waals surface area contributed by atoms with Gasteiger partial charge >= 0.3 is 6.18 Å². The Morgan fingerprint density at radius 1 is 0.632 bits per heavy atom. The van der Waals surface area contributed by atoms with Crippen LogP contribution in [0.2, 0.25) is 0 Å². The Balaban J connectivity index is 1.51. The van der Waals surface area contributed by atoms with Gasteiger partial charge in [0.05, 0.1) is 5.56 Å². The minimum absolute atomic E-state index is 0.0471. The summed E-state index contributed by atoms with van der Waals surface area (Å²) >= 11 is 0. The van der Waals surface area contributed by atoms with Crippen molar-refractivity contribution in [3.05, 3.63) is 132 Å². The van der Waals surface area contributed by atoms with Crippen molar-refractivity contribution in [2.75, 3.05) is 0 Å². The predicted octanol–water partition coefficient (Wildman–Crippen LogP) is 10.3. The zero-order valence-electron chi connectivity index (χ0n) is 20.3. The van der Waals surface area contributed by atoms with Gasteiger partial charge in [-0.2, -0.15) is 13.2 Å². The quantitative estimate of drug-likeness (QED) is 0.156. The van der Waals surface area contributed by atoms with E-state index in [-0.39, 0.29) is 22.3 Å². The van der Waals surface area contributed by atoms with Gasteiger partial charge in [0.15, 0.2) is 0 Å². The molecule has 5 aromatic rings. The van der Waals surface area contributed by atoms with Crippen LogP contribution >= 0.6 is 0 Å². The van der Waals surface area contributed by atoms with E-state index in [1.165, 1.54) is 35.9 Å². The summed E-state index contributed by atoms with van der Waals surface area (Å²) in [5, 5.41) is 2.12. The van der Waals surface area contributed by atoms with Crippen LogP contribution in [0.4, 0.5) is 22.0 Å². The van der Waals surface area contributed by atoms with Crippen LogP contribution in [-0.4, -0.2) is 0 Å². The number of hydrogen-bond donors (Lipinski definition) is 0. The second kappa shape index (κ2) is 10.3. The van der Waals surface area contributed by atoms with E-state index in [0.717, 1.165) is 41.3 Å². The van der Waals surface area contributed by atoms with Crippen LogP contribution in [0.3, 0.4) is 0 Å². The van der Waals surface area contributed by atoms with E-state index in [0.29, 0.717) is 5.56 Å². The summed E-state index contributed by atoms with van der Waals surface area (Å²) in [6.45, 7) is 3.76. The normalized spacial score (nSPS) is 11.6. The second-order valence-electron chi connectivity index (χ2n) is 9.16. The molecule has 0 radical (unpaired) electrons. The summed E-state index contributed by atoms with van der Waals surface area (Å²) < 4.78 is 69.4. The van der Waals surface area contributed by atoms with Crippen LogP contribution in [0, 0.1) is 11.6 Å². The number of benzene rings is 5. The zero-order valence-corrected chi connectivity index (χ0v) is 20.3. The molecule has 0 saturated heterocycles. The summed E-state index contributed by atoms with van der Waals surface area (Å²) in [5.74, 6) is -1.20.